The number of carboxylic acid groups (broad SMARTS) is 1. The van der Waals surface area contributed by atoms with Crippen LogP contribution in [0.5, 0.6) is 11.5 Å². The minimum Gasteiger partial charge on any atom is -0.486 e. The van der Waals surface area contributed by atoms with Crippen molar-refractivity contribution in [2.24, 2.45) is 0 Å². The molecule has 1 N–H and O–H groups in total. The fourth-order valence-corrected chi connectivity index (χ4v) is 3.66. The third-order valence-corrected chi connectivity index (χ3v) is 4.90. The van der Waals surface area contributed by atoms with Crippen molar-refractivity contribution in [2.75, 3.05) is 13.2 Å². The van der Waals surface area contributed by atoms with Gasteiger partial charge in [-0.05, 0) is 34.8 Å². The zero-order valence-corrected chi connectivity index (χ0v) is 12.7. The number of ether oxygens (including phenoxy) is 2. The van der Waals surface area contributed by atoms with Gasteiger partial charge >= 0.3 is 5.97 Å². The summed E-state index contributed by atoms with van der Waals surface area (Å²) >= 11 is 3.44. The second-order valence-corrected chi connectivity index (χ2v) is 6.25. The molecule has 1 aliphatic heterocycles. The molecule has 0 atom stereocenters. The molecule has 0 unspecified atom stereocenters. The average Bonchev–Trinajstić information content (AvgIpc) is 2.48. The highest BCUT2D eigenvalue weighted by Gasteiger charge is 2.44. The van der Waals surface area contributed by atoms with Crippen molar-refractivity contribution in [2.45, 2.75) is 37.5 Å². The summed E-state index contributed by atoms with van der Waals surface area (Å²) in [6.07, 6.45) is 4.32. The summed E-state index contributed by atoms with van der Waals surface area (Å²) in [6.45, 7) is 0.960. The van der Waals surface area contributed by atoms with Crippen molar-refractivity contribution in [1.82, 2.24) is 0 Å². The summed E-state index contributed by atoms with van der Waals surface area (Å²) in [4.78, 5) is 11.9. The number of carboxylic acids is 1. The Labute approximate surface area is 126 Å². The molecule has 0 aromatic heterocycles. The molecule has 2 aliphatic rings. The van der Waals surface area contributed by atoms with Crippen LogP contribution in [-0.4, -0.2) is 24.3 Å². The molecule has 1 aromatic rings. The first kappa shape index (κ1) is 13.7. The van der Waals surface area contributed by atoms with E-state index in [1.54, 1.807) is 0 Å². The van der Waals surface area contributed by atoms with E-state index in [0.29, 0.717) is 37.6 Å². The van der Waals surface area contributed by atoms with Gasteiger partial charge in [-0.1, -0.05) is 25.3 Å². The van der Waals surface area contributed by atoms with Crippen LogP contribution in [0.1, 0.15) is 37.7 Å². The standard InChI is InChI=1S/C15H17BrO4/c16-11-5-4-10(12-13(11)20-9-8-19-12)15(14(17)18)6-2-1-3-7-15/h4-5H,1-3,6-9H2,(H,17,18). The smallest absolute Gasteiger partial charge is 0.314 e. The molecule has 108 valence electrons. The number of aliphatic carboxylic acids is 1. The summed E-state index contributed by atoms with van der Waals surface area (Å²) in [7, 11) is 0. The number of halogens is 1. The molecule has 0 spiro atoms. The fourth-order valence-electron chi connectivity index (χ4n) is 3.23. The lowest BCUT2D eigenvalue weighted by atomic mass is 9.69. The molecule has 5 heteroatoms. The maximum absolute atomic E-state index is 11.9. The molecule has 1 heterocycles. The van der Waals surface area contributed by atoms with Gasteiger partial charge in [-0.2, -0.15) is 0 Å². The number of benzene rings is 1. The van der Waals surface area contributed by atoms with Crippen LogP contribution in [0.4, 0.5) is 0 Å². The molecule has 1 aromatic carbocycles. The van der Waals surface area contributed by atoms with Gasteiger partial charge in [0.15, 0.2) is 11.5 Å². The van der Waals surface area contributed by atoms with Gasteiger partial charge in [0.25, 0.3) is 0 Å². The third kappa shape index (κ3) is 2.08. The van der Waals surface area contributed by atoms with Crippen LogP contribution < -0.4 is 9.47 Å². The Hall–Kier alpha value is -1.23. The lowest BCUT2D eigenvalue weighted by Crippen LogP contribution is -2.38. The highest BCUT2D eigenvalue weighted by Crippen LogP contribution is 2.49. The van der Waals surface area contributed by atoms with E-state index >= 15 is 0 Å². The van der Waals surface area contributed by atoms with Crippen molar-refractivity contribution in [3.63, 3.8) is 0 Å². The number of fused-ring (bicyclic) bond motifs is 1. The van der Waals surface area contributed by atoms with Crippen LogP contribution in [0.3, 0.4) is 0 Å². The molecule has 1 fully saturated rings. The molecule has 1 saturated carbocycles. The van der Waals surface area contributed by atoms with E-state index in [9.17, 15) is 9.90 Å². The summed E-state index contributed by atoms with van der Waals surface area (Å²) < 4.78 is 12.2. The minimum atomic E-state index is -0.830. The third-order valence-electron chi connectivity index (χ3n) is 4.27. The van der Waals surface area contributed by atoms with Crippen LogP contribution in [-0.2, 0) is 10.2 Å². The van der Waals surface area contributed by atoms with E-state index in [-0.39, 0.29) is 0 Å². The number of rotatable bonds is 2. The summed E-state index contributed by atoms with van der Waals surface area (Å²) in [5.41, 5.74) is -0.0633. The van der Waals surface area contributed by atoms with E-state index in [1.807, 2.05) is 12.1 Å². The van der Waals surface area contributed by atoms with Crippen LogP contribution in [0.25, 0.3) is 0 Å². The SMILES string of the molecule is O=C(O)C1(c2ccc(Br)c3c2OCCO3)CCCCC1. The Morgan fingerprint density at radius 1 is 1.10 bits per heavy atom. The fraction of sp³-hybridized carbons (Fsp3) is 0.533. The van der Waals surface area contributed by atoms with Crippen LogP contribution in [0.2, 0.25) is 0 Å². The Morgan fingerprint density at radius 2 is 1.75 bits per heavy atom. The van der Waals surface area contributed by atoms with Crippen LogP contribution >= 0.6 is 15.9 Å². The van der Waals surface area contributed by atoms with Gasteiger partial charge in [0.05, 0.1) is 9.89 Å². The molecular weight excluding hydrogens is 324 g/mol. The summed E-state index contributed by atoms with van der Waals surface area (Å²) in [5, 5.41) is 9.80. The van der Waals surface area contributed by atoms with Gasteiger partial charge in [0.1, 0.15) is 13.2 Å². The number of hydrogen-bond donors (Lipinski definition) is 1. The van der Waals surface area contributed by atoms with Crippen molar-refractivity contribution < 1.29 is 19.4 Å². The quantitative estimate of drug-likeness (QED) is 0.894. The Balaban J connectivity index is 2.14. The van der Waals surface area contributed by atoms with E-state index in [1.165, 1.54) is 0 Å². The lowest BCUT2D eigenvalue weighted by Gasteiger charge is -2.36. The van der Waals surface area contributed by atoms with Gasteiger partial charge in [0, 0.05) is 5.56 Å². The van der Waals surface area contributed by atoms with Crippen LogP contribution in [0.15, 0.2) is 16.6 Å². The number of carbonyl (C=O) groups is 1. The molecule has 20 heavy (non-hydrogen) atoms. The van der Waals surface area contributed by atoms with Crippen molar-refractivity contribution >= 4 is 21.9 Å². The number of hydrogen-bond acceptors (Lipinski definition) is 3. The van der Waals surface area contributed by atoms with Gasteiger partial charge in [0.2, 0.25) is 0 Å². The van der Waals surface area contributed by atoms with Gasteiger partial charge < -0.3 is 14.6 Å². The molecular formula is C15H17BrO4. The van der Waals surface area contributed by atoms with E-state index in [0.717, 1.165) is 29.3 Å². The minimum absolute atomic E-state index is 0.464. The largest absolute Gasteiger partial charge is 0.486 e. The molecule has 3 rings (SSSR count). The molecule has 0 radical (unpaired) electrons. The molecule has 4 nitrogen and oxygen atoms in total. The monoisotopic (exact) mass is 340 g/mol. The average molecular weight is 341 g/mol. The predicted octanol–water partition coefficient (Wildman–Crippen LogP) is 3.51. The molecule has 0 amide bonds. The van der Waals surface area contributed by atoms with E-state index in [4.69, 9.17) is 9.47 Å². The van der Waals surface area contributed by atoms with Crippen molar-refractivity contribution in [1.29, 1.82) is 0 Å². The highest BCUT2D eigenvalue weighted by molar-refractivity contribution is 9.10. The Kier molecular flexibility index (Phi) is 3.63. The first-order chi connectivity index (χ1) is 9.65. The highest BCUT2D eigenvalue weighted by atomic mass is 79.9. The zero-order chi connectivity index (χ0) is 14.2. The van der Waals surface area contributed by atoms with Crippen molar-refractivity contribution in [3.8, 4) is 11.5 Å². The topological polar surface area (TPSA) is 55.8 Å². The zero-order valence-electron chi connectivity index (χ0n) is 11.2. The Morgan fingerprint density at radius 3 is 2.40 bits per heavy atom. The molecule has 1 aliphatic carbocycles. The van der Waals surface area contributed by atoms with E-state index < -0.39 is 11.4 Å². The Bertz CT molecular complexity index is 535. The summed E-state index contributed by atoms with van der Waals surface area (Å²) in [5.74, 6) is 0.491. The molecule has 0 bridgehead atoms. The van der Waals surface area contributed by atoms with Crippen LogP contribution in [0, 0.1) is 0 Å². The second-order valence-electron chi connectivity index (χ2n) is 5.40. The predicted molar refractivity (Wildman–Crippen MR) is 77.5 cm³/mol. The first-order valence-electron chi connectivity index (χ1n) is 6.97. The molecule has 0 saturated heterocycles. The maximum Gasteiger partial charge on any atom is 0.314 e. The second kappa shape index (κ2) is 5.28. The van der Waals surface area contributed by atoms with Gasteiger partial charge in [-0.15, -0.1) is 0 Å². The van der Waals surface area contributed by atoms with Crippen molar-refractivity contribution in [3.05, 3.63) is 22.2 Å². The van der Waals surface area contributed by atoms with Gasteiger partial charge in [-0.25, -0.2) is 0 Å². The lowest BCUT2D eigenvalue weighted by molar-refractivity contribution is -0.145. The van der Waals surface area contributed by atoms with E-state index in [2.05, 4.69) is 15.9 Å². The summed E-state index contributed by atoms with van der Waals surface area (Å²) in [6, 6.07) is 3.74. The van der Waals surface area contributed by atoms with Gasteiger partial charge in [-0.3, -0.25) is 4.79 Å². The normalized spacial score (nSPS) is 20.4. The maximum atomic E-state index is 11.9. The first-order valence-corrected chi connectivity index (χ1v) is 7.76.